The Hall–Kier alpha value is -1.75. The molecule has 2 rings (SSSR count). The maximum Gasteiger partial charge on any atom is 0.192 e. The highest BCUT2D eigenvalue weighted by Crippen LogP contribution is 2.35. The predicted molar refractivity (Wildman–Crippen MR) is 77.7 cm³/mol. The van der Waals surface area contributed by atoms with E-state index in [-0.39, 0.29) is 0 Å². The highest BCUT2D eigenvalue weighted by atomic mass is 32.2. The quantitative estimate of drug-likeness (QED) is 0.685. The molecule has 0 spiro atoms. The number of para-hydroxylation sites is 1. The van der Waals surface area contributed by atoms with Gasteiger partial charge in [-0.2, -0.15) is 0 Å². The maximum absolute atomic E-state index is 6.09. The molecule has 0 fully saturated rings. The smallest absolute Gasteiger partial charge is 0.192 e. The van der Waals surface area contributed by atoms with Gasteiger partial charge in [0.15, 0.2) is 5.16 Å². The fourth-order valence-electron chi connectivity index (χ4n) is 1.73. The molecule has 19 heavy (non-hydrogen) atoms. The zero-order chi connectivity index (χ0) is 13.8. The second-order valence-electron chi connectivity index (χ2n) is 4.14. The first kappa shape index (κ1) is 13.7. The van der Waals surface area contributed by atoms with Crippen LogP contribution in [0.1, 0.15) is 18.3 Å². The Morgan fingerprint density at radius 3 is 2.53 bits per heavy atom. The lowest BCUT2D eigenvalue weighted by atomic mass is 10.3. The van der Waals surface area contributed by atoms with Crippen LogP contribution >= 0.6 is 11.8 Å². The van der Waals surface area contributed by atoms with E-state index in [9.17, 15) is 0 Å². The van der Waals surface area contributed by atoms with Crippen molar-refractivity contribution in [2.45, 2.75) is 30.8 Å². The molecule has 0 saturated carbocycles. The lowest BCUT2D eigenvalue weighted by Crippen LogP contribution is -1.99. The number of nitrogen functional groups attached to an aromatic ring is 1. The Labute approximate surface area is 117 Å². The van der Waals surface area contributed by atoms with Crippen molar-refractivity contribution in [2.24, 2.45) is 0 Å². The van der Waals surface area contributed by atoms with E-state index >= 15 is 0 Å². The van der Waals surface area contributed by atoms with E-state index in [2.05, 4.69) is 9.97 Å². The summed E-state index contributed by atoms with van der Waals surface area (Å²) in [7, 11) is 0. The van der Waals surface area contributed by atoms with Gasteiger partial charge < -0.3 is 10.5 Å². The van der Waals surface area contributed by atoms with Crippen molar-refractivity contribution in [1.82, 2.24) is 9.97 Å². The Morgan fingerprint density at radius 1 is 1.21 bits per heavy atom. The monoisotopic (exact) mass is 275 g/mol. The molecule has 0 unspecified atom stereocenters. The molecule has 2 N–H and O–H groups in total. The summed E-state index contributed by atoms with van der Waals surface area (Å²) in [5.74, 6) is 0.705. The Bertz CT molecular complexity index is 567. The van der Waals surface area contributed by atoms with Gasteiger partial charge >= 0.3 is 0 Å². The number of hydrogen-bond acceptors (Lipinski definition) is 5. The third-order valence-electron chi connectivity index (χ3n) is 2.49. The first-order valence-corrected chi connectivity index (χ1v) is 6.93. The lowest BCUT2D eigenvalue weighted by molar-refractivity contribution is 0.341. The van der Waals surface area contributed by atoms with E-state index < -0.39 is 0 Å². The molecule has 0 saturated heterocycles. The molecule has 1 aromatic carbocycles. The van der Waals surface area contributed by atoms with E-state index in [4.69, 9.17) is 10.5 Å². The minimum Gasteiger partial charge on any atom is -0.492 e. The molecule has 0 bridgehead atoms. The average Bonchev–Trinajstić information content (AvgIpc) is 2.33. The van der Waals surface area contributed by atoms with Crippen molar-refractivity contribution >= 4 is 17.4 Å². The second kappa shape index (κ2) is 5.93. The third-order valence-corrected chi connectivity index (χ3v) is 3.43. The highest BCUT2D eigenvalue weighted by molar-refractivity contribution is 7.99. The molecule has 2 aromatic rings. The fourth-order valence-corrected chi connectivity index (χ4v) is 2.66. The number of anilines is 1. The van der Waals surface area contributed by atoms with Gasteiger partial charge in [-0.1, -0.05) is 6.07 Å². The highest BCUT2D eigenvalue weighted by Gasteiger charge is 2.09. The third kappa shape index (κ3) is 3.38. The van der Waals surface area contributed by atoms with E-state index in [1.165, 1.54) is 11.8 Å². The molecule has 1 heterocycles. The van der Waals surface area contributed by atoms with Crippen molar-refractivity contribution in [3.05, 3.63) is 35.7 Å². The van der Waals surface area contributed by atoms with E-state index in [0.29, 0.717) is 23.2 Å². The van der Waals surface area contributed by atoms with Crippen LogP contribution in [0.4, 0.5) is 5.69 Å². The molecule has 0 aliphatic rings. The lowest BCUT2D eigenvalue weighted by Gasteiger charge is -2.10. The van der Waals surface area contributed by atoms with Gasteiger partial charge in [-0.25, -0.2) is 9.97 Å². The summed E-state index contributed by atoms with van der Waals surface area (Å²) in [5, 5.41) is 0.706. The van der Waals surface area contributed by atoms with Crippen LogP contribution in [0.2, 0.25) is 0 Å². The topological polar surface area (TPSA) is 61.0 Å². The second-order valence-corrected chi connectivity index (χ2v) is 5.15. The van der Waals surface area contributed by atoms with Crippen LogP contribution < -0.4 is 10.5 Å². The first-order chi connectivity index (χ1) is 9.10. The normalized spacial score (nSPS) is 10.5. The number of aromatic nitrogens is 2. The Morgan fingerprint density at radius 2 is 1.89 bits per heavy atom. The van der Waals surface area contributed by atoms with E-state index in [1.54, 1.807) is 0 Å². The van der Waals surface area contributed by atoms with Gasteiger partial charge in [0.2, 0.25) is 0 Å². The summed E-state index contributed by atoms with van der Waals surface area (Å²) in [6.45, 7) is 6.45. The molecule has 5 heteroatoms. The molecular formula is C14H17N3OS. The van der Waals surface area contributed by atoms with Crippen LogP contribution in [0, 0.1) is 13.8 Å². The number of nitrogens with two attached hydrogens (primary N) is 1. The summed E-state index contributed by atoms with van der Waals surface area (Å²) in [6, 6.07) is 7.69. The number of rotatable bonds is 4. The molecule has 1 aromatic heterocycles. The van der Waals surface area contributed by atoms with Gasteiger partial charge in [0, 0.05) is 16.3 Å². The molecule has 0 aliphatic carbocycles. The number of ether oxygens (including phenoxy) is 1. The van der Waals surface area contributed by atoms with Crippen molar-refractivity contribution < 1.29 is 4.74 Å². The molecule has 0 amide bonds. The minimum absolute atomic E-state index is 0.596. The van der Waals surface area contributed by atoms with Gasteiger partial charge in [0.1, 0.15) is 5.75 Å². The standard InChI is InChI=1S/C14H17N3OS/c1-4-18-11-6-5-7-12(13(11)15)19-14-16-9(2)8-10(3)17-14/h5-8H,4,15H2,1-3H3. The summed E-state index contributed by atoms with van der Waals surface area (Å²) >= 11 is 1.46. The zero-order valence-electron chi connectivity index (χ0n) is 11.3. The van der Waals surface area contributed by atoms with Crippen LogP contribution in [0.25, 0.3) is 0 Å². The van der Waals surface area contributed by atoms with Crippen molar-refractivity contribution in [2.75, 3.05) is 12.3 Å². The van der Waals surface area contributed by atoms with Crippen LogP contribution in [-0.2, 0) is 0 Å². The largest absolute Gasteiger partial charge is 0.492 e. The summed E-state index contributed by atoms with van der Waals surface area (Å²) in [4.78, 5) is 9.72. The number of hydrogen-bond donors (Lipinski definition) is 1. The predicted octanol–water partition coefficient (Wildman–Crippen LogP) is 3.23. The summed E-state index contributed by atoms with van der Waals surface area (Å²) in [6.07, 6.45) is 0. The maximum atomic E-state index is 6.09. The SMILES string of the molecule is CCOc1cccc(Sc2nc(C)cc(C)n2)c1N. The van der Waals surface area contributed by atoms with E-state index in [1.807, 2.05) is 45.0 Å². The van der Waals surface area contributed by atoms with E-state index in [0.717, 1.165) is 16.3 Å². The van der Waals surface area contributed by atoms with Crippen LogP contribution in [0.5, 0.6) is 5.75 Å². The molecule has 0 radical (unpaired) electrons. The van der Waals surface area contributed by atoms with Crippen LogP contribution in [-0.4, -0.2) is 16.6 Å². The number of benzene rings is 1. The summed E-state index contributed by atoms with van der Waals surface area (Å²) in [5.41, 5.74) is 8.63. The van der Waals surface area contributed by atoms with Crippen molar-refractivity contribution in [1.29, 1.82) is 0 Å². The molecule has 0 atom stereocenters. The molecule has 100 valence electrons. The van der Waals surface area contributed by atoms with Crippen molar-refractivity contribution in [3.63, 3.8) is 0 Å². The minimum atomic E-state index is 0.596. The number of aryl methyl sites for hydroxylation is 2. The van der Waals surface area contributed by atoms with Gasteiger partial charge in [-0.15, -0.1) is 0 Å². The van der Waals surface area contributed by atoms with Gasteiger partial charge in [0.25, 0.3) is 0 Å². The fraction of sp³-hybridized carbons (Fsp3) is 0.286. The Balaban J connectivity index is 2.30. The Kier molecular flexibility index (Phi) is 4.27. The van der Waals surface area contributed by atoms with Crippen LogP contribution in [0.15, 0.2) is 34.3 Å². The molecular weight excluding hydrogens is 258 g/mol. The van der Waals surface area contributed by atoms with Gasteiger partial charge in [-0.05, 0) is 50.7 Å². The zero-order valence-corrected chi connectivity index (χ0v) is 12.1. The number of nitrogens with zero attached hydrogens (tertiary/aromatic N) is 2. The molecule has 4 nitrogen and oxygen atoms in total. The van der Waals surface area contributed by atoms with Crippen LogP contribution in [0.3, 0.4) is 0 Å². The van der Waals surface area contributed by atoms with Gasteiger partial charge in [0.05, 0.1) is 12.3 Å². The van der Waals surface area contributed by atoms with Gasteiger partial charge in [-0.3, -0.25) is 0 Å². The van der Waals surface area contributed by atoms with Crippen molar-refractivity contribution in [3.8, 4) is 5.75 Å². The summed E-state index contributed by atoms with van der Waals surface area (Å²) < 4.78 is 5.48. The molecule has 0 aliphatic heterocycles. The average molecular weight is 275 g/mol. The first-order valence-electron chi connectivity index (χ1n) is 6.11.